The molecular weight excluding hydrogens is 375 g/mol. The topological polar surface area (TPSA) is 82.1 Å². The zero-order valence-corrected chi connectivity index (χ0v) is 15.7. The van der Waals surface area contributed by atoms with Crippen LogP contribution < -0.4 is 5.32 Å². The van der Waals surface area contributed by atoms with E-state index in [0.717, 1.165) is 35.6 Å². The number of aromatic nitrogens is 1. The van der Waals surface area contributed by atoms with Gasteiger partial charge < -0.3 is 9.87 Å². The number of halogens is 1. The Labute approximate surface area is 158 Å². The van der Waals surface area contributed by atoms with Crippen LogP contribution in [0.3, 0.4) is 0 Å². The molecule has 0 radical (unpaired) electrons. The average molecular weight is 393 g/mol. The molecule has 1 aromatic carbocycles. The van der Waals surface area contributed by atoms with Crippen molar-refractivity contribution in [1.82, 2.24) is 10.3 Å². The van der Waals surface area contributed by atoms with Gasteiger partial charge >= 0.3 is 0 Å². The third-order valence-electron chi connectivity index (χ3n) is 3.49. The van der Waals surface area contributed by atoms with Crippen LogP contribution in [0.15, 0.2) is 65.3 Å². The first kappa shape index (κ1) is 20.4. The first-order chi connectivity index (χ1) is 12.5. The van der Waals surface area contributed by atoms with Gasteiger partial charge in [-0.25, -0.2) is 4.39 Å². The zero-order valence-electron chi connectivity index (χ0n) is 14.1. The molecule has 0 saturated carbocycles. The summed E-state index contributed by atoms with van der Waals surface area (Å²) in [4.78, 5) is 16.0. The molecule has 0 saturated heterocycles. The van der Waals surface area contributed by atoms with E-state index in [1.807, 2.05) is 25.1 Å². The summed E-state index contributed by atoms with van der Waals surface area (Å²) in [5, 5.41) is 3.46. The molecule has 1 unspecified atom stereocenters. The maximum Gasteiger partial charge on any atom is 0.216 e. The number of pyridine rings is 1. The zero-order chi connectivity index (χ0) is 18.9. The normalized spacial score (nSPS) is 17.0. The molecule has 2 atom stereocenters. The van der Waals surface area contributed by atoms with Crippen molar-refractivity contribution in [3.05, 3.63) is 71.8 Å². The van der Waals surface area contributed by atoms with Gasteiger partial charge in [0, 0.05) is 29.4 Å². The lowest BCUT2D eigenvalue weighted by molar-refractivity contribution is -0.108. The van der Waals surface area contributed by atoms with Crippen molar-refractivity contribution in [2.24, 2.45) is 0 Å². The summed E-state index contributed by atoms with van der Waals surface area (Å²) < 4.78 is 32.5. The molecule has 1 aromatic heterocycles. The van der Waals surface area contributed by atoms with E-state index in [2.05, 4.69) is 10.3 Å². The van der Waals surface area contributed by atoms with Crippen molar-refractivity contribution < 1.29 is 17.9 Å². The Morgan fingerprint density at radius 2 is 2.12 bits per heavy atom. The minimum absolute atomic E-state index is 0.0141. The van der Waals surface area contributed by atoms with Gasteiger partial charge in [-0.05, 0) is 52.7 Å². The van der Waals surface area contributed by atoms with Crippen molar-refractivity contribution in [2.75, 3.05) is 12.3 Å². The van der Waals surface area contributed by atoms with Crippen molar-refractivity contribution >= 4 is 28.0 Å². The Morgan fingerprint density at radius 3 is 2.69 bits per heavy atom. The summed E-state index contributed by atoms with van der Waals surface area (Å²) in [6.45, 7) is 2.75. The second-order valence-corrected chi connectivity index (χ2v) is 7.37. The van der Waals surface area contributed by atoms with Gasteiger partial charge in [-0.15, -0.1) is 0 Å². The fourth-order valence-electron chi connectivity index (χ4n) is 2.32. The van der Waals surface area contributed by atoms with Crippen LogP contribution >= 0.6 is 11.8 Å². The summed E-state index contributed by atoms with van der Waals surface area (Å²) in [5.41, 5.74) is 1.91. The van der Waals surface area contributed by atoms with Crippen molar-refractivity contribution in [3.63, 3.8) is 0 Å². The van der Waals surface area contributed by atoms with E-state index >= 15 is 0 Å². The standard InChI is InChI=1S/C12H14N2OS.C6H5FO2S/c1-2-16-12(15)10-5-7-14-11(10)9-4-3-6-13-8-9;7-5-1-3-6(4-2-5)10(8)9/h3-6,8,11,14H,2,7H2,1H3;1-4H,(H,8,9)/p-1/t11-;/m0./s1. The minimum Gasteiger partial charge on any atom is -0.768 e. The Hall–Kier alpha value is -1.87. The fourth-order valence-corrected chi connectivity index (χ4v) is 3.31. The van der Waals surface area contributed by atoms with Crippen LogP contribution in [0, 0.1) is 5.82 Å². The van der Waals surface area contributed by atoms with E-state index < -0.39 is 16.9 Å². The lowest BCUT2D eigenvalue weighted by Crippen LogP contribution is -2.19. The predicted octanol–water partition coefficient (Wildman–Crippen LogP) is 3.00. The monoisotopic (exact) mass is 393 g/mol. The maximum atomic E-state index is 12.1. The van der Waals surface area contributed by atoms with Crippen LogP contribution in [0.5, 0.6) is 0 Å². The van der Waals surface area contributed by atoms with Crippen LogP contribution in [-0.2, 0) is 15.9 Å². The molecule has 3 rings (SSSR count). The molecule has 0 bridgehead atoms. The van der Waals surface area contributed by atoms with Gasteiger partial charge in [0.1, 0.15) is 5.82 Å². The summed E-state index contributed by atoms with van der Waals surface area (Å²) in [6.07, 6.45) is 5.52. The van der Waals surface area contributed by atoms with Crippen LogP contribution in [-0.4, -0.2) is 31.2 Å². The number of nitrogens with one attached hydrogen (secondary N) is 1. The number of carbonyl (C=O) groups excluding carboxylic acids is 1. The number of rotatable bonds is 4. The number of nitrogens with zero attached hydrogens (tertiary/aromatic N) is 1. The minimum atomic E-state index is -2.25. The highest BCUT2D eigenvalue weighted by Gasteiger charge is 2.25. The third kappa shape index (κ3) is 5.84. The average Bonchev–Trinajstić information content (AvgIpc) is 3.13. The highest BCUT2D eigenvalue weighted by Crippen LogP contribution is 2.28. The van der Waals surface area contributed by atoms with Gasteiger partial charge in [0.15, 0.2) is 0 Å². The van der Waals surface area contributed by atoms with E-state index in [0.29, 0.717) is 0 Å². The van der Waals surface area contributed by atoms with E-state index in [9.17, 15) is 17.9 Å². The van der Waals surface area contributed by atoms with Crippen LogP contribution in [0.25, 0.3) is 0 Å². The summed E-state index contributed by atoms with van der Waals surface area (Å²) >= 11 is -0.895. The lowest BCUT2D eigenvalue weighted by Gasteiger charge is -2.14. The molecular formula is C18H18FN2O3S2-. The van der Waals surface area contributed by atoms with E-state index in [-0.39, 0.29) is 16.1 Å². The molecule has 0 aliphatic carbocycles. The molecule has 138 valence electrons. The smallest absolute Gasteiger partial charge is 0.216 e. The highest BCUT2D eigenvalue weighted by molar-refractivity contribution is 8.14. The molecule has 0 fully saturated rings. The Balaban J connectivity index is 0.000000209. The summed E-state index contributed by atoms with van der Waals surface area (Å²) in [7, 11) is 0. The number of benzene rings is 1. The first-order valence-electron chi connectivity index (χ1n) is 7.88. The molecule has 1 aliphatic rings. The van der Waals surface area contributed by atoms with Gasteiger partial charge in [-0.2, -0.15) is 0 Å². The number of hydrogen-bond acceptors (Lipinski definition) is 6. The predicted molar refractivity (Wildman–Crippen MR) is 99.8 cm³/mol. The molecule has 0 spiro atoms. The molecule has 1 aliphatic heterocycles. The van der Waals surface area contributed by atoms with Crippen LogP contribution in [0.4, 0.5) is 4.39 Å². The van der Waals surface area contributed by atoms with Crippen molar-refractivity contribution in [1.29, 1.82) is 0 Å². The molecule has 2 heterocycles. The lowest BCUT2D eigenvalue weighted by atomic mass is 10.0. The van der Waals surface area contributed by atoms with E-state index in [4.69, 9.17) is 0 Å². The Bertz CT molecular complexity index is 783. The summed E-state index contributed by atoms with van der Waals surface area (Å²) in [5.74, 6) is 0.379. The second kappa shape index (κ2) is 10.3. The second-order valence-electron chi connectivity index (χ2n) is 5.20. The maximum absolute atomic E-state index is 12.1. The van der Waals surface area contributed by atoms with Gasteiger partial charge in [0.2, 0.25) is 5.12 Å². The highest BCUT2D eigenvalue weighted by atomic mass is 32.2. The Morgan fingerprint density at radius 1 is 1.38 bits per heavy atom. The van der Waals surface area contributed by atoms with Crippen LogP contribution in [0.2, 0.25) is 0 Å². The third-order valence-corrected chi connectivity index (χ3v) is 4.93. The number of thioether (sulfide) groups is 1. The first-order valence-corrected chi connectivity index (χ1v) is 9.94. The number of hydrogen-bond donors (Lipinski definition) is 1. The molecule has 1 N–H and O–H groups in total. The Kier molecular flexibility index (Phi) is 8.11. The molecule has 26 heavy (non-hydrogen) atoms. The van der Waals surface area contributed by atoms with E-state index in [1.54, 1.807) is 12.4 Å². The largest absolute Gasteiger partial charge is 0.768 e. The SMILES string of the molecule is CCSC(=O)C1=CCN[C@H]1c1cccnc1.O=S([O-])c1ccc(F)cc1. The molecule has 2 aromatic rings. The number of carbonyl (C=O) groups is 1. The van der Waals surface area contributed by atoms with Crippen molar-refractivity contribution in [2.45, 2.75) is 17.9 Å². The van der Waals surface area contributed by atoms with E-state index in [1.165, 1.54) is 23.9 Å². The molecule has 0 amide bonds. The van der Waals surface area contributed by atoms with Crippen LogP contribution in [0.1, 0.15) is 18.5 Å². The quantitative estimate of drug-likeness (QED) is 0.804. The van der Waals surface area contributed by atoms with Gasteiger partial charge in [0.25, 0.3) is 0 Å². The fraction of sp³-hybridized carbons (Fsp3) is 0.222. The van der Waals surface area contributed by atoms with Crippen molar-refractivity contribution in [3.8, 4) is 0 Å². The van der Waals surface area contributed by atoms with Gasteiger partial charge in [0.05, 0.1) is 6.04 Å². The van der Waals surface area contributed by atoms with Gasteiger partial charge in [-0.1, -0.05) is 30.8 Å². The molecule has 5 nitrogen and oxygen atoms in total. The van der Waals surface area contributed by atoms with Gasteiger partial charge in [-0.3, -0.25) is 14.0 Å². The summed E-state index contributed by atoms with van der Waals surface area (Å²) in [6, 6.07) is 8.52. The molecule has 8 heteroatoms.